The SMILES string of the molecule is CC(C)=CC(=O)Nc1nnc(S(N)(=O)=O)s1. The highest BCUT2D eigenvalue weighted by molar-refractivity contribution is 7.91. The summed E-state index contributed by atoms with van der Waals surface area (Å²) in [6, 6.07) is 0. The average Bonchev–Trinajstić information content (AvgIpc) is 2.49. The molecule has 1 aromatic heterocycles. The fraction of sp³-hybridized carbons (Fsp3) is 0.286. The molecule has 0 bridgehead atoms. The minimum atomic E-state index is -3.86. The summed E-state index contributed by atoms with van der Waals surface area (Å²) in [5.74, 6) is -0.392. The van der Waals surface area contributed by atoms with Crippen molar-refractivity contribution in [1.82, 2.24) is 10.2 Å². The monoisotopic (exact) mass is 262 g/mol. The van der Waals surface area contributed by atoms with E-state index >= 15 is 0 Å². The Morgan fingerprint density at radius 3 is 2.50 bits per heavy atom. The summed E-state index contributed by atoms with van der Waals surface area (Å²) >= 11 is 0.699. The van der Waals surface area contributed by atoms with E-state index in [1.54, 1.807) is 13.8 Å². The molecule has 3 N–H and O–H groups in total. The number of nitrogens with two attached hydrogens (primary N) is 1. The first-order chi connectivity index (χ1) is 7.29. The van der Waals surface area contributed by atoms with Gasteiger partial charge in [-0.15, -0.1) is 10.2 Å². The van der Waals surface area contributed by atoms with Gasteiger partial charge in [0.1, 0.15) is 0 Å². The van der Waals surface area contributed by atoms with Crippen LogP contribution in [0.25, 0.3) is 0 Å². The molecule has 16 heavy (non-hydrogen) atoms. The number of hydrogen-bond acceptors (Lipinski definition) is 6. The zero-order valence-electron chi connectivity index (χ0n) is 8.59. The fourth-order valence-electron chi connectivity index (χ4n) is 0.779. The van der Waals surface area contributed by atoms with Crippen molar-refractivity contribution in [2.75, 3.05) is 5.32 Å². The minimum absolute atomic E-state index is 0.0894. The predicted octanol–water partition coefficient (Wildman–Crippen LogP) is 0.0902. The summed E-state index contributed by atoms with van der Waals surface area (Å²) in [6.45, 7) is 3.52. The van der Waals surface area contributed by atoms with Gasteiger partial charge in [-0.05, 0) is 13.8 Å². The van der Waals surface area contributed by atoms with Gasteiger partial charge in [-0.3, -0.25) is 10.1 Å². The van der Waals surface area contributed by atoms with Gasteiger partial charge in [0.05, 0.1) is 0 Å². The lowest BCUT2D eigenvalue weighted by Gasteiger charge is -1.94. The number of carbonyl (C=O) groups excluding carboxylic acids is 1. The topological polar surface area (TPSA) is 115 Å². The van der Waals surface area contributed by atoms with Crippen LogP contribution in [0.2, 0.25) is 0 Å². The van der Waals surface area contributed by atoms with E-state index in [0.29, 0.717) is 11.3 Å². The van der Waals surface area contributed by atoms with Crippen molar-refractivity contribution in [3.05, 3.63) is 11.6 Å². The molecule has 1 amide bonds. The number of hydrogen-bond donors (Lipinski definition) is 2. The number of allylic oxidation sites excluding steroid dienone is 1. The third-order valence-corrected chi connectivity index (χ3v) is 3.45. The quantitative estimate of drug-likeness (QED) is 0.591. The second-order valence-corrected chi connectivity index (χ2v) is 5.84. The van der Waals surface area contributed by atoms with Crippen LogP contribution in [-0.4, -0.2) is 24.5 Å². The number of aromatic nitrogens is 2. The smallest absolute Gasteiger partial charge is 0.267 e. The first-order valence-electron chi connectivity index (χ1n) is 4.11. The van der Waals surface area contributed by atoms with Crippen molar-refractivity contribution in [2.24, 2.45) is 5.14 Å². The summed E-state index contributed by atoms with van der Waals surface area (Å²) < 4.78 is 21.4. The van der Waals surface area contributed by atoms with Crippen LogP contribution in [0, 0.1) is 0 Å². The van der Waals surface area contributed by atoms with Crippen LogP contribution < -0.4 is 10.5 Å². The molecule has 88 valence electrons. The van der Waals surface area contributed by atoms with Crippen LogP contribution in [0.3, 0.4) is 0 Å². The molecule has 1 rings (SSSR count). The molecule has 0 aliphatic heterocycles. The highest BCUT2D eigenvalue weighted by Gasteiger charge is 2.15. The Hall–Kier alpha value is -1.32. The van der Waals surface area contributed by atoms with Gasteiger partial charge < -0.3 is 0 Å². The van der Waals surface area contributed by atoms with E-state index in [1.165, 1.54) is 6.08 Å². The van der Waals surface area contributed by atoms with Gasteiger partial charge in [0.2, 0.25) is 15.4 Å². The van der Waals surface area contributed by atoms with Gasteiger partial charge in [-0.2, -0.15) is 0 Å². The van der Waals surface area contributed by atoms with Gasteiger partial charge in [-0.1, -0.05) is 16.9 Å². The van der Waals surface area contributed by atoms with Crippen molar-refractivity contribution in [1.29, 1.82) is 0 Å². The molecule has 0 fully saturated rings. The zero-order valence-corrected chi connectivity index (χ0v) is 10.2. The summed E-state index contributed by atoms with van der Waals surface area (Å²) in [5, 5.41) is 14.1. The van der Waals surface area contributed by atoms with Crippen molar-refractivity contribution >= 4 is 32.4 Å². The molecule has 0 unspecified atom stereocenters. The highest BCUT2D eigenvalue weighted by atomic mass is 32.2. The van der Waals surface area contributed by atoms with E-state index in [1.807, 2.05) is 0 Å². The molecule has 0 radical (unpaired) electrons. The minimum Gasteiger partial charge on any atom is -0.297 e. The summed E-state index contributed by atoms with van der Waals surface area (Å²) in [7, 11) is -3.86. The number of anilines is 1. The second kappa shape index (κ2) is 4.68. The molecule has 0 saturated heterocycles. The molecule has 0 atom stereocenters. The normalized spacial score (nSPS) is 10.9. The van der Waals surface area contributed by atoms with E-state index in [0.717, 1.165) is 5.57 Å². The predicted molar refractivity (Wildman–Crippen MR) is 59.3 cm³/mol. The number of amides is 1. The molecule has 0 aromatic carbocycles. The Labute approximate surface area is 96.4 Å². The maximum atomic E-state index is 11.3. The van der Waals surface area contributed by atoms with Gasteiger partial charge in [-0.25, -0.2) is 13.6 Å². The van der Waals surface area contributed by atoms with E-state index in [9.17, 15) is 13.2 Å². The van der Waals surface area contributed by atoms with E-state index in [4.69, 9.17) is 5.14 Å². The summed E-state index contributed by atoms with van der Waals surface area (Å²) in [6.07, 6.45) is 1.36. The Bertz CT molecular complexity index is 528. The van der Waals surface area contributed by atoms with Crippen molar-refractivity contribution in [3.8, 4) is 0 Å². The first-order valence-corrected chi connectivity index (χ1v) is 6.47. The van der Waals surface area contributed by atoms with Crippen LogP contribution in [0.15, 0.2) is 16.0 Å². The molecule has 9 heteroatoms. The molecule has 1 heterocycles. The Morgan fingerprint density at radius 2 is 2.06 bits per heavy atom. The summed E-state index contributed by atoms with van der Waals surface area (Å²) in [5.41, 5.74) is 0.814. The third kappa shape index (κ3) is 3.68. The van der Waals surface area contributed by atoms with Gasteiger partial charge in [0.25, 0.3) is 10.0 Å². The van der Waals surface area contributed by atoms with E-state index in [-0.39, 0.29) is 9.47 Å². The summed E-state index contributed by atoms with van der Waals surface area (Å²) in [4.78, 5) is 11.3. The van der Waals surface area contributed by atoms with Crippen molar-refractivity contribution in [3.63, 3.8) is 0 Å². The molecular formula is C7H10N4O3S2. The standard InChI is InChI=1S/C7H10N4O3S2/c1-4(2)3-5(12)9-6-10-11-7(15-6)16(8,13)14/h3H,1-2H3,(H2,8,13,14)(H,9,10,12). The van der Waals surface area contributed by atoms with Crippen LogP contribution >= 0.6 is 11.3 Å². The average molecular weight is 262 g/mol. The Morgan fingerprint density at radius 1 is 1.44 bits per heavy atom. The van der Waals surface area contributed by atoms with E-state index < -0.39 is 15.9 Å². The second-order valence-electron chi connectivity index (χ2n) is 3.13. The number of rotatable bonds is 3. The number of sulfonamides is 1. The number of nitrogens with one attached hydrogen (secondary N) is 1. The molecule has 0 aliphatic carbocycles. The lowest BCUT2D eigenvalue weighted by Crippen LogP contribution is -2.11. The van der Waals surface area contributed by atoms with Gasteiger partial charge in [0.15, 0.2) is 0 Å². The van der Waals surface area contributed by atoms with Crippen LogP contribution in [0.4, 0.5) is 5.13 Å². The van der Waals surface area contributed by atoms with Crippen LogP contribution in [-0.2, 0) is 14.8 Å². The van der Waals surface area contributed by atoms with Gasteiger partial charge >= 0.3 is 0 Å². The van der Waals surface area contributed by atoms with Crippen molar-refractivity contribution in [2.45, 2.75) is 18.2 Å². The van der Waals surface area contributed by atoms with Crippen molar-refractivity contribution < 1.29 is 13.2 Å². The Balaban J connectivity index is 2.82. The van der Waals surface area contributed by atoms with Crippen LogP contribution in [0.1, 0.15) is 13.8 Å². The maximum absolute atomic E-state index is 11.3. The van der Waals surface area contributed by atoms with Gasteiger partial charge in [0, 0.05) is 6.08 Å². The number of primary sulfonamides is 1. The first kappa shape index (κ1) is 12.7. The molecule has 7 nitrogen and oxygen atoms in total. The largest absolute Gasteiger partial charge is 0.297 e. The molecule has 0 aliphatic rings. The molecule has 0 spiro atoms. The zero-order chi connectivity index (χ0) is 12.3. The van der Waals surface area contributed by atoms with E-state index in [2.05, 4.69) is 15.5 Å². The maximum Gasteiger partial charge on any atom is 0.267 e. The Kier molecular flexibility index (Phi) is 3.73. The molecule has 0 saturated carbocycles. The molecular weight excluding hydrogens is 252 g/mol. The lowest BCUT2D eigenvalue weighted by molar-refractivity contribution is -0.111. The molecule has 1 aromatic rings. The number of nitrogens with zero attached hydrogens (tertiary/aromatic N) is 2. The lowest BCUT2D eigenvalue weighted by atomic mass is 10.3. The third-order valence-electron chi connectivity index (χ3n) is 1.30. The highest BCUT2D eigenvalue weighted by Crippen LogP contribution is 2.18. The fourth-order valence-corrected chi connectivity index (χ4v) is 2.12. The van der Waals surface area contributed by atoms with Crippen LogP contribution in [0.5, 0.6) is 0 Å². The number of carbonyl (C=O) groups is 1.